The average molecular weight is 396 g/mol. The lowest BCUT2D eigenvalue weighted by molar-refractivity contribution is 0.0119. The minimum absolute atomic E-state index is 0.00247. The van der Waals surface area contributed by atoms with Gasteiger partial charge in [-0.05, 0) is 53.8 Å². The fraction of sp³-hybridized carbons (Fsp3) is 0.435. The normalized spacial score (nSPS) is 20.7. The van der Waals surface area contributed by atoms with Crippen molar-refractivity contribution < 1.29 is 14.3 Å². The Morgan fingerprint density at radius 3 is 2.69 bits per heavy atom. The lowest BCUT2D eigenvalue weighted by Crippen LogP contribution is -2.45. The summed E-state index contributed by atoms with van der Waals surface area (Å²) in [5, 5.41) is 3.44. The highest BCUT2D eigenvalue weighted by molar-refractivity contribution is 5.93. The van der Waals surface area contributed by atoms with Crippen molar-refractivity contribution in [1.82, 2.24) is 10.2 Å². The summed E-state index contributed by atoms with van der Waals surface area (Å²) in [6.45, 7) is 4.68. The monoisotopic (exact) mass is 395 g/mol. The number of carbonyl (C=O) groups excluding carboxylic acids is 1. The smallest absolute Gasteiger partial charge is 0.248 e. The summed E-state index contributed by atoms with van der Waals surface area (Å²) in [5.41, 5.74) is 9.66. The quantitative estimate of drug-likeness (QED) is 0.786. The molecule has 4 rings (SSSR count). The second-order valence-corrected chi connectivity index (χ2v) is 7.70. The van der Waals surface area contributed by atoms with E-state index in [1.807, 2.05) is 30.3 Å². The summed E-state index contributed by atoms with van der Waals surface area (Å²) in [6, 6.07) is 14.4. The van der Waals surface area contributed by atoms with Crippen LogP contribution in [0.25, 0.3) is 0 Å². The van der Waals surface area contributed by atoms with E-state index in [0.29, 0.717) is 12.2 Å². The van der Waals surface area contributed by atoms with Gasteiger partial charge < -0.3 is 20.5 Å². The van der Waals surface area contributed by atoms with Crippen LogP contribution in [0.2, 0.25) is 0 Å². The molecule has 29 heavy (non-hydrogen) atoms. The Morgan fingerprint density at radius 1 is 1.24 bits per heavy atom. The summed E-state index contributed by atoms with van der Waals surface area (Å²) < 4.78 is 11.5. The Labute approximate surface area is 172 Å². The molecule has 0 saturated carbocycles. The number of primary amides is 1. The predicted molar refractivity (Wildman–Crippen MR) is 112 cm³/mol. The molecule has 2 aromatic rings. The fourth-order valence-corrected chi connectivity index (χ4v) is 4.40. The average Bonchev–Trinajstić information content (AvgIpc) is 2.77. The van der Waals surface area contributed by atoms with E-state index in [9.17, 15) is 4.79 Å². The highest BCUT2D eigenvalue weighted by Gasteiger charge is 2.29. The van der Waals surface area contributed by atoms with Gasteiger partial charge in [0.2, 0.25) is 5.91 Å². The number of piperazine rings is 1. The maximum atomic E-state index is 11.6. The van der Waals surface area contributed by atoms with Gasteiger partial charge in [-0.3, -0.25) is 9.69 Å². The molecule has 3 N–H and O–H groups in total. The summed E-state index contributed by atoms with van der Waals surface area (Å²) >= 11 is 0. The molecule has 154 valence electrons. The van der Waals surface area contributed by atoms with E-state index < -0.39 is 0 Å². The van der Waals surface area contributed by atoms with Gasteiger partial charge in [0.05, 0.1) is 19.8 Å². The van der Waals surface area contributed by atoms with Crippen LogP contribution >= 0.6 is 0 Å². The van der Waals surface area contributed by atoms with Gasteiger partial charge in [0, 0.05) is 37.8 Å². The molecule has 2 heterocycles. The number of benzene rings is 2. The molecule has 0 aromatic heterocycles. The first-order valence-electron chi connectivity index (χ1n) is 10.3. The van der Waals surface area contributed by atoms with Gasteiger partial charge in [-0.15, -0.1) is 0 Å². The molecule has 6 heteroatoms. The van der Waals surface area contributed by atoms with Crippen LogP contribution in [0.3, 0.4) is 0 Å². The van der Waals surface area contributed by atoms with Crippen LogP contribution in [-0.4, -0.2) is 50.7 Å². The third-order valence-electron chi connectivity index (χ3n) is 6.00. The molecular formula is C23H29N3O3. The van der Waals surface area contributed by atoms with Crippen molar-refractivity contribution in [2.45, 2.75) is 25.0 Å². The van der Waals surface area contributed by atoms with Crippen LogP contribution in [0, 0.1) is 0 Å². The summed E-state index contributed by atoms with van der Waals surface area (Å²) in [7, 11) is 1.69. The number of nitrogens with two attached hydrogens (primary N) is 1. The zero-order chi connectivity index (χ0) is 20.2. The second-order valence-electron chi connectivity index (χ2n) is 7.70. The molecule has 2 aliphatic rings. The van der Waals surface area contributed by atoms with Crippen LogP contribution in [-0.2, 0) is 11.2 Å². The van der Waals surface area contributed by atoms with Gasteiger partial charge >= 0.3 is 0 Å². The number of nitrogens with zero attached hydrogens (tertiary/aromatic N) is 1. The summed E-state index contributed by atoms with van der Waals surface area (Å²) in [6.07, 6.45) is 1.69. The Hall–Kier alpha value is -2.41. The summed E-state index contributed by atoms with van der Waals surface area (Å²) in [5.74, 6) is 0.485. The summed E-state index contributed by atoms with van der Waals surface area (Å²) in [4.78, 5) is 14.1. The number of ether oxygens (including phenoxy) is 2. The van der Waals surface area contributed by atoms with Crippen molar-refractivity contribution in [3.63, 3.8) is 0 Å². The van der Waals surface area contributed by atoms with Gasteiger partial charge in [0.1, 0.15) is 5.75 Å². The Balaban J connectivity index is 1.61. The Morgan fingerprint density at radius 2 is 2.00 bits per heavy atom. The van der Waals surface area contributed by atoms with Gasteiger partial charge in [0.25, 0.3) is 0 Å². The molecule has 0 radical (unpaired) electrons. The molecule has 2 aliphatic heterocycles. The van der Waals surface area contributed by atoms with Gasteiger partial charge in [0.15, 0.2) is 0 Å². The van der Waals surface area contributed by atoms with Gasteiger partial charge in [-0.2, -0.15) is 0 Å². The molecule has 2 atom stereocenters. The number of methoxy groups -OCH3 is 1. The van der Waals surface area contributed by atoms with Crippen LogP contribution in [0.4, 0.5) is 0 Å². The number of amides is 1. The first kappa shape index (κ1) is 19.9. The van der Waals surface area contributed by atoms with E-state index in [1.165, 1.54) is 16.7 Å². The molecule has 0 bridgehead atoms. The van der Waals surface area contributed by atoms with Crippen LogP contribution < -0.4 is 15.8 Å². The third kappa shape index (κ3) is 4.45. The van der Waals surface area contributed by atoms with Crippen molar-refractivity contribution in [2.24, 2.45) is 5.73 Å². The Bertz CT molecular complexity index is 847. The van der Waals surface area contributed by atoms with E-state index >= 15 is 0 Å². The fourth-order valence-electron chi connectivity index (χ4n) is 4.40. The van der Waals surface area contributed by atoms with Crippen LogP contribution in [0.5, 0.6) is 5.75 Å². The molecule has 6 nitrogen and oxygen atoms in total. The first-order valence-corrected chi connectivity index (χ1v) is 10.3. The minimum Gasteiger partial charge on any atom is -0.497 e. The standard InChI is InChI=1S/C23H29N3O3/c1-28-19-5-2-16(3-6-19)21(26-11-9-25-10-12-26)15-22-20-7-4-18(23(24)27)14-17(20)8-13-29-22/h2-7,14,21-22,25H,8-13,15H2,1H3,(H2,24,27). The first-order chi connectivity index (χ1) is 14.2. The second kappa shape index (κ2) is 8.95. The lowest BCUT2D eigenvalue weighted by atomic mass is 9.89. The molecular weight excluding hydrogens is 366 g/mol. The maximum Gasteiger partial charge on any atom is 0.248 e. The highest BCUT2D eigenvalue weighted by Crippen LogP contribution is 2.38. The van der Waals surface area contributed by atoms with Crippen molar-refractivity contribution >= 4 is 5.91 Å². The van der Waals surface area contributed by atoms with Crippen molar-refractivity contribution in [2.75, 3.05) is 39.9 Å². The van der Waals surface area contributed by atoms with Crippen LogP contribution in [0.15, 0.2) is 42.5 Å². The number of hydrogen-bond donors (Lipinski definition) is 2. The largest absolute Gasteiger partial charge is 0.497 e. The van der Waals surface area contributed by atoms with E-state index in [2.05, 4.69) is 22.3 Å². The number of rotatable bonds is 6. The Kier molecular flexibility index (Phi) is 6.13. The van der Waals surface area contributed by atoms with E-state index in [1.54, 1.807) is 7.11 Å². The van der Waals surface area contributed by atoms with Crippen molar-refractivity contribution in [3.8, 4) is 5.75 Å². The molecule has 0 aliphatic carbocycles. The van der Waals surface area contributed by atoms with Crippen molar-refractivity contribution in [1.29, 1.82) is 0 Å². The zero-order valence-corrected chi connectivity index (χ0v) is 16.9. The lowest BCUT2D eigenvalue weighted by Gasteiger charge is -2.38. The van der Waals surface area contributed by atoms with Gasteiger partial charge in [-0.25, -0.2) is 0 Å². The topological polar surface area (TPSA) is 76.8 Å². The number of carbonyl (C=O) groups is 1. The number of nitrogens with one attached hydrogen (secondary N) is 1. The zero-order valence-electron chi connectivity index (χ0n) is 16.9. The molecule has 1 fully saturated rings. The molecule has 1 amide bonds. The maximum absolute atomic E-state index is 11.6. The SMILES string of the molecule is COc1ccc(C(CC2OCCc3cc(C(N)=O)ccc32)N2CCNCC2)cc1. The molecule has 2 aromatic carbocycles. The molecule has 0 spiro atoms. The minimum atomic E-state index is -0.382. The van der Waals surface area contributed by atoms with E-state index in [0.717, 1.165) is 44.8 Å². The molecule has 1 saturated heterocycles. The van der Waals surface area contributed by atoms with E-state index in [4.69, 9.17) is 15.2 Å². The van der Waals surface area contributed by atoms with E-state index in [-0.39, 0.29) is 18.1 Å². The van der Waals surface area contributed by atoms with Crippen LogP contribution in [0.1, 0.15) is 45.6 Å². The highest BCUT2D eigenvalue weighted by atomic mass is 16.5. The van der Waals surface area contributed by atoms with Gasteiger partial charge in [-0.1, -0.05) is 18.2 Å². The number of fused-ring (bicyclic) bond motifs is 1. The molecule has 2 unspecified atom stereocenters. The third-order valence-corrected chi connectivity index (χ3v) is 6.00. The number of hydrogen-bond acceptors (Lipinski definition) is 5. The van der Waals surface area contributed by atoms with Crippen molar-refractivity contribution in [3.05, 3.63) is 64.7 Å². The predicted octanol–water partition coefficient (Wildman–Crippen LogP) is 2.44.